The number of aliphatic hydroxyl groups excluding tert-OH is 3. The van der Waals surface area contributed by atoms with Crippen molar-refractivity contribution in [2.24, 2.45) is 0 Å². The van der Waals surface area contributed by atoms with Crippen molar-refractivity contribution in [3.8, 4) is 0 Å². The lowest BCUT2D eigenvalue weighted by Crippen LogP contribution is -2.61. The van der Waals surface area contributed by atoms with Crippen LogP contribution in [0.5, 0.6) is 0 Å². The molecule has 3 aromatic carbocycles. The van der Waals surface area contributed by atoms with Crippen LogP contribution in [-0.4, -0.2) is 57.9 Å². The minimum absolute atomic E-state index is 0.262. The Hall–Kier alpha value is -2.23. The van der Waals surface area contributed by atoms with Gasteiger partial charge in [-0.3, -0.25) is 0 Å². The van der Waals surface area contributed by atoms with E-state index in [9.17, 15) is 15.3 Å². The normalized spacial score (nSPS) is 25.7. The van der Waals surface area contributed by atoms with E-state index in [0.29, 0.717) is 6.61 Å². The van der Waals surface area contributed by atoms with Gasteiger partial charge in [0.25, 0.3) is 0 Å². The summed E-state index contributed by atoms with van der Waals surface area (Å²) in [6.45, 7) is 0.0374. The molecule has 6 atom stereocenters. The Morgan fingerprint density at radius 2 is 1.26 bits per heavy atom. The number of thioether (sulfide) groups is 1. The van der Waals surface area contributed by atoms with Crippen LogP contribution in [-0.2, 0) is 27.4 Å². The fourth-order valence-electron chi connectivity index (χ4n) is 3.90. The second-order valence-electron chi connectivity index (χ2n) is 8.16. The third-order valence-corrected chi connectivity index (χ3v) is 6.84. The molecular weight excluding hydrogens is 452 g/mol. The summed E-state index contributed by atoms with van der Waals surface area (Å²) in [6.07, 6.45) is -4.90. The molecule has 7 heteroatoms. The molecule has 180 valence electrons. The van der Waals surface area contributed by atoms with E-state index in [2.05, 4.69) is 0 Å². The van der Waals surface area contributed by atoms with Crippen molar-refractivity contribution in [3.63, 3.8) is 0 Å². The molecule has 1 saturated heterocycles. The average molecular weight is 483 g/mol. The Balaban J connectivity index is 1.60. The molecule has 1 heterocycles. The molecule has 3 aromatic rings. The Bertz CT molecular complexity index is 974. The van der Waals surface area contributed by atoms with E-state index in [1.54, 1.807) is 0 Å². The summed E-state index contributed by atoms with van der Waals surface area (Å²) < 4.78 is 18.7. The van der Waals surface area contributed by atoms with Crippen LogP contribution < -0.4 is 0 Å². The zero-order valence-electron chi connectivity index (χ0n) is 18.7. The average Bonchev–Trinajstić information content (AvgIpc) is 2.89. The molecule has 0 radical (unpaired) electrons. The lowest BCUT2D eigenvalue weighted by Gasteiger charge is -2.45. The highest BCUT2D eigenvalue weighted by atomic mass is 32.2. The maximum absolute atomic E-state index is 11.1. The first-order valence-corrected chi connectivity index (χ1v) is 12.2. The summed E-state index contributed by atoms with van der Waals surface area (Å²) in [4.78, 5) is 0.955. The van der Waals surface area contributed by atoms with E-state index in [0.717, 1.165) is 16.0 Å². The van der Waals surface area contributed by atoms with Crippen LogP contribution in [0.25, 0.3) is 0 Å². The van der Waals surface area contributed by atoms with Gasteiger partial charge in [-0.25, -0.2) is 0 Å². The lowest BCUT2D eigenvalue weighted by atomic mass is 9.95. The largest absolute Gasteiger partial charge is 0.394 e. The maximum Gasteiger partial charge on any atom is 0.137 e. The van der Waals surface area contributed by atoms with Gasteiger partial charge in [-0.1, -0.05) is 90.6 Å². The molecule has 3 N–H and O–H groups in total. The van der Waals surface area contributed by atoms with Gasteiger partial charge < -0.3 is 29.5 Å². The molecule has 0 amide bonds. The Morgan fingerprint density at radius 3 is 1.79 bits per heavy atom. The van der Waals surface area contributed by atoms with Gasteiger partial charge in [0, 0.05) is 4.90 Å². The van der Waals surface area contributed by atoms with Gasteiger partial charge in [0.15, 0.2) is 0 Å². The van der Waals surface area contributed by atoms with Gasteiger partial charge in [-0.05, 0) is 23.3 Å². The highest BCUT2D eigenvalue weighted by Gasteiger charge is 2.49. The van der Waals surface area contributed by atoms with Crippen molar-refractivity contribution < 1.29 is 29.5 Å². The van der Waals surface area contributed by atoms with E-state index >= 15 is 0 Å². The number of hydrogen-bond acceptors (Lipinski definition) is 7. The zero-order valence-corrected chi connectivity index (χ0v) is 19.5. The third kappa shape index (κ3) is 6.46. The maximum atomic E-state index is 11.1. The summed E-state index contributed by atoms with van der Waals surface area (Å²) >= 11 is 1.44. The molecule has 0 saturated carbocycles. The topological polar surface area (TPSA) is 88.4 Å². The Kier molecular flexibility index (Phi) is 9.12. The van der Waals surface area contributed by atoms with Crippen molar-refractivity contribution in [2.75, 3.05) is 6.61 Å². The third-order valence-electron chi connectivity index (χ3n) is 5.69. The first kappa shape index (κ1) is 24.9. The fourth-order valence-corrected chi connectivity index (χ4v) is 5.03. The van der Waals surface area contributed by atoms with Crippen molar-refractivity contribution in [2.45, 2.75) is 54.1 Å². The fraction of sp³-hybridized carbons (Fsp3) is 0.333. The van der Waals surface area contributed by atoms with E-state index in [1.165, 1.54) is 11.8 Å². The van der Waals surface area contributed by atoms with E-state index in [4.69, 9.17) is 14.2 Å². The molecule has 0 bridgehead atoms. The quantitative estimate of drug-likeness (QED) is 0.408. The molecule has 34 heavy (non-hydrogen) atoms. The van der Waals surface area contributed by atoms with Crippen LogP contribution in [0.15, 0.2) is 95.9 Å². The number of aliphatic hydroxyl groups is 3. The molecule has 6 nitrogen and oxygen atoms in total. The minimum atomic E-state index is -1.26. The van der Waals surface area contributed by atoms with Gasteiger partial charge >= 0.3 is 0 Å². The van der Waals surface area contributed by atoms with Crippen LogP contribution in [0.2, 0.25) is 0 Å². The smallest absolute Gasteiger partial charge is 0.137 e. The number of benzene rings is 3. The van der Waals surface area contributed by atoms with Gasteiger partial charge in [-0.15, -0.1) is 0 Å². The van der Waals surface area contributed by atoms with Crippen molar-refractivity contribution in [1.82, 2.24) is 0 Å². The predicted molar refractivity (Wildman–Crippen MR) is 130 cm³/mol. The van der Waals surface area contributed by atoms with Gasteiger partial charge in [0.1, 0.15) is 36.0 Å². The number of ether oxygens (including phenoxy) is 3. The molecule has 0 aliphatic carbocycles. The Labute approximate surface area is 204 Å². The zero-order chi connectivity index (χ0) is 23.8. The van der Waals surface area contributed by atoms with Crippen molar-refractivity contribution >= 4 is 11.8 Å². The molecule has 0 spiro atoms. The molecular formula is C27H30O6S. The van der Waals surface area contributed by atoms with Crippen LogP contribution >= 0.6 is 11.8 Å². The predicted octanol–water partition coefficient (Wildman–Crippen LogP) is 3.39. The van der Waals surface area contributed by atoms with Gasteiger partial charge in [0.05, 0.1) is 19.8 Å². The minimum Gasteiger partial charge on any atom is -0.394 e. The molecule has 0 aromatic heterocycles. The summed E-state index contributed by atoms with van der Waals surface area (Å²) in [5, 5.41) is 31.1. The van der Waals surface area contributed by atoms with Crippen molar-refractivity contribution in [1.29, 1.82) is 0 Å². The molecule has 0 unspecified atom stereocenters. The van der Waals surface area contributed by atoms with Crippen LogP contribution in [0.1, 0.15) is 11.1 Å². The van der Waals surface area contributed by atoms with E-state index in [-0.39, 0.29) is 6.61 Å². The second-order valence-corrected chi connectivity index (χ2v) is 9.33. The summed E-state index contributed by atoms with van der Waals surface area (Å²) in [6, 6.07) is 29.2. The van der Waals surface area contributed by atoms with Crippen molar-refractivity contribution in [3.05, 3.63) is 102 Å². The number of hydrogen-bond donors (Lipinski definition) is 3. The standard InChI is InChI=1S/C27H30O6S/c28-16-22(29)24-23(30)25(31-17-19-10-4-1-5-11-19)26(32-18-20-12-6-2-7-13-20)27(33-24)34-21-14-8-3-9-15-21/h1-15,22-30H,16-18H2/t22-,23+,24+,25-,26-,27+/m0/s1. The van der Waals surface area contributed by atoms with E-state index in [1.807, 2.05) is 91.0 Å². The van der Waals surface area contributed by atoms with Gasteiger partial charge in [0.2, 0.25) is 0 Å². The van der Waals surface area contributed by atoms with Crippen LogP contribution in [0.3, 0.4) is 0 Å². The highest BCUT2D eigenvalue weighted by Crippen LogP contribution is 2.37. The first-order valence-electron chi connectivity index (χ1n) is 11.3. The summed E-state index contributed by atoms with van der Waals surface area (Å²) in [5.41, 5.74) is 1.36. The second kappa shape index (κ2) is 12.5. The monoisotopic (exact) mass is 482 g/mol. The SMILES string of the molecule is OC[C@H](O)[C@H]1O[C@H](Sc2ccccc2)[C@@H](OCc2ccccc2)[C@@H](OCc2ccccc2)[C@@H]1O. The van der Waals surface area contributed by atoms with Crippen LogP contribution in [0, 0.1) is 0 Å². The first-order chi connectivity index (χ1) is 16.7. The lowest BCUT2D eigenvalue weighted by molar-refractivity contribution is -0.251. The molecule has 1 aliphatic rings. The van der Waals surface area contributed by atoms with E-state index < -0.39 is 42.6 Å². The summed E-state index contributed by atoms with van der Waals surface area (Å²) in [7, 11) is 0. The Morgan fingerprint density at radius 1 is 0.765 bits per heavy atom. The molecule has 1 aliphatic heterocycles. The highest BCUT2D eigenvalue weighted by molar-refractivity contribution is 7.99. The number of rotatable bonds is 10. The molecule has 4 rings (SSSR count). The van der Waals surface area contributed by atoms with Crippen LogP contribution in [0.4, 0.5) is 0 Å². The summed E-state index contributed by atoms with van der Waals surface area (Å²) in [5.74, 6) is 0. The molecule has 1 fully saturated rings. The van der Waals surface area contributed by atoms with Gasteiger partial charge in [-0.2, -0.15) is 0 Å².